The van der Waals surface area contributed by atoms with E-state index in [2.05, 4.69) is 11.1 Å². The lowest BCUT2D eigenvalue weighted by atomic mass is 10.0. The van der Waals surface area contributed by atoms with E-state index in [4.69, 9.17) is 17.3 Å². The van der Waals surface area contributed by atoms with Crippen molar-refractivity contribution < 1.29 is 0 Å². The number of hydrogen-bond acceptors (Lipinski definition) is 2. The van der Waals surface area contributed by atoms with E-state index in [1.807, 2.05) is 48.8 Å². The van der Waals surface area contributed by atoms with Gasteiger partial charge in [-0.2, -0.15) is 0 Å². The van der Waals surface area contributed by atoms with E-state index in [-0.39, 0.29) is 0 Å². The van der Waals surface area contributed by atoms with Gasteiger partial charge in [-0.05, 0) is 23.1 Å². The number of anilines is 1. The molecule has 0 unspecified atom stereocenters. The Morgan fingerprint density at radius 1 is 1.00 bits per heavy atom. The third-order valence-electron chi connectivity index (χ3n) is 2.98. The van der Waals surface area contributed by atoms with Gasteiger partial charge in [0.1, 0.15) is 0 Å². The molecule has 1 heterocycles. The number of halogens is 1. The lowest BCUT2D eigenvalue weighted by Gasteiger charge is -2.07. The molecule has 0 radical (unpaired) electrons. The fraction of sp³-hybridized carbons (Fsp3) is 0. The van der Waals surface area contributed by atoms with Crippen molar-refractivity contribution >= 4 is 28.1 Å². The largest absolute Gasteiger partial charge is 0.398 e. The van der Waals surface area contributed by atoms with Crippen molar-refractivity contribution in [2.75, 3.05) is 5.73 Å². The molecule has 0 spiro atoms. The lowest BCUT2D eigenvalue weighted by Crippen LogP contribution is -1.88. The molecule has 0 amide bonds. The normalized spacial score (nSPS) is 10.7. The summed E-state index contributed by atoms with van der Waals surface area (Å²) < 4.78 is 0. The molecule has 0 saturated carbocycles. The third-order valence-corrected chi connectivity index (χ3v) is 3.31. The molecule has 0 bridgehead atoms. The van der Waals surface area contributed by atoms with Crippen molar-refractivity contribution in [3.8, 4) is 11.1 Å². The van der Waals surface area contributed by atoms with E-state index in [0.29, 0.717) is 10.7 Å². The first-order valence-electron chi connectivity index (χ1n) is 5.64. The molecular weight excluding hydrogens is 244 g/mol. The minimum Gasteiger partial charge on any atom is -0.398 e. The van der Waals surface area contributed by atoms with Gasteiger partial charge >= 0.3 is 0 Å². The maximum Gasteiger partial charge on any atom is 0.0641 e. The number of benzene rings is 2. The van der Waals surface area contributed by atoms with E-state index in [1.165, 1.54) is 0 Å². The van der Waals surface area contributed by atoms with Crippen molar-refractivity contribution in [2.45, 2.75) is 0 Å². The molecular formula is C15H11ClN2. The second kappa shape index (κ2) is 4.31. The van der Waals surface area contributed by atoms with Crippen LogP contribution in [0.25, 0.3) is 21.9 Å². The van der Waals surface area contributed by atoms with E-state index >= 15 is 0 Å². The molecule has 2 nitrogen and oxygen atoms in total. The zero-order valence-corrected chi connectivity index (χ0v) is 10.4. The van der Waals surface area contributed by atoms with Crippen molar-refractivity contribution in [1.82, 2.24) is 4.98 Å². The monoisotopic (exact) mass is 254 g/mol. The van der Waals surface area contributed by atoms with Crippen molar-refractivity contribution in [3.05, 3.63) is 59.9 Å². The van der Waals surface area contributed by atoms with E-state index in [1.54, 1.807) is 0 Å². The Hall–Kier alpha value is -2.06. The predicted molar refractivity (Wildman–Crippen MR) is 76.6 cm³/mol. The van der Waals surface area contributed by atoms with Crippen LogP contribution in [0.15, 0.2) is 54.9 Å². The number of fused-ring (bicyclic) bond motifs is 1. The van der Waals surface area contributed by atoms with Crippen LogP contribution in [-0.2, 0) is 0 Å². The second-order valence-corrected chi connectivity index (χ2v) is 4.55. The number of nitrogen functional groups attached to an aromatic ring is 1. The Kier molecular flexibility index (Phi) is 2.65. The van der Waals surface area contributed by atoms with Gasteiger partial charge in [0.2, 0.25) is 0 Å². The molecule has 2 aromatic carbocycles. The van der Waals surface area contributed by atoms with Crippen LogP contribution in [0.2, 0.25) is 5.02 Å². The molecule has 2 N–H and O–H groups in total. The van der Waals surface area contributed by atoms with Gasteiger partial charge in [0.15, 0.2) is 0 Å². The van der Waals surface area contributed by atoms with Crippen LogP contribution in [0.3, 0.4) is 0 Å². The number of nitrogens with two attached hydrogens (primary N) is 1. The first kappa shape index (κ1) is 11.1. The van der Waals surface area contributed by atoms with Crippen LogP contribution in [0.5, 0.6) is 0 Å². The minimum absolute atomic E-state index is 0.570. The lowest BCUT2D eigenvalue weighted by molar-refractivity contribution is 1.36. The fourth-order valence-electron chi connectivity index (χ4n) is 2.04. The Labute approximate surface area is 110 Å². The molecule has 0 aliphatic heterocycles. The highest BCUT2D eigenvalue weighted by Gasteiger charge is 2.05. The molecule has 0 aliphatic rings. The van der Waals surface area contributed by atoms with Crippen molar-refractivity contribution in [3.63, 3.8) is 0 Å². The Morgan fingerprint density at radius 3 is 2.67 bits per heavy atom. The molecule has 18 heavy (non-hydrogen) atoms. The highest BCUT2D eigenvalue weighted by atomic mass is 35.5. The minimum atomic E-state index is 0.570. The number of nitrogens with zero attached hydrogens (tertiary/aromatic N) is 1. The molecule has 0 fully saturated rings. The first-order valence-corrected chi connectivity index (χ1v) is 6.01. The quantitative estimate of drug-likeness (QED) is 0.663. The van der Waals surface area contributed by atoms with Gasteiger partial charge in [-0.15, -0.1) is 0 Å². The maximum atomic E-state index is 6.07. The average molecular weight is 255 g/mol. The van der Waals surface area contributed by atoms with Gasteiger partial charge < -0.3 is 5.73 Å². The number of aromatic nitrogens is 1. The van der Waals surface area contributed by atoms with E-state index < -0.39 is 0 Å². The number of pyridine rings is 1. The van der Waals surface area contributed by atoms with Crippen LogP contribution in [-0.4, -0.2) is 4.98 Å². The summed E-state index contributed by atoms with van der Waals surface area (Å²) in [6.07, 6.45) is 3.71. The van der Waals surface area contributed by atoms with Crippen LogP contribution >= 0.6 is 11.6 Å². The summed E-state index contributed by atoms with van der Waals surface area (Å²) in [7, 11) is 0. The molecule has 3 rings (SSSR count). The van der Waals surface area contributed by atoms with Gasteiger partial charge in [-0.25, -0.2) is 0 Å². The molecule has 3 heteroatoms. The van der Waals surface area contributed by atoms with Gasteiger partial charge in [-0.1, -0.05) is 41.9 Å². The van der Waals surface area contributed by atoms with Gasteiger partial charge in [0.25, 0.3) is 0 Å². The summed E-state index contributed by atoms with van der Waals surface area (Å²) in [6, 6.07) is 13.8. The zero-order valence-electron chi connectivity index (χ0n) is 9.60. The Morgan fingerprint density at radius 2 is 1.83 bits per heavy atom. The summed E-state index contributed by atoms with van der Waals surface area (Å²) in [5.74, 6) is 0. The number of rotatable bonds is 1. The second-order valence-electron chi connectivity index (χ2n) is 4.14. The van der Waals surface area contributed by atoms with Crippen LogP contribution in [0, 0.1) is 0 Å². The highest BCUT2D eigenvalue weighted by molar-refractivity contribution is 6.33. The highest BCUT2D eigenvalue weighted by Crippen LogP contribution is 2.31. The predicted octanol–water partition coefficient (Wildman–Crippen LogP) is 4.14. The Balaban J connectivity index is 2.28. The first-order chi connectivity index (χ1) is 8.75. The topological polar surface area (TPSA) is 38.9 Å². The summed E-state index contributed by atoms with van der Waals surface area (Å²) in [4.78, 5) is 4.27. The van der Waals surface area contributed by atoms with Crippen molar-refractivity contribution in [1.29, 1.82) is 0 Å². The van der Waals surface area contributed by atoms with E-state index in [0.717, 1.165) is 21.9 Å². The standard InChI is InChI=1S/C15H11ClN2/c16-14-7-10(5-6-15(14)17)13-9-18-8-11-3-1-2-4-12(11)13/h1-9H,17H2. The van der Waals surface area contributed by atoms with Crippen molar-refractivity contribution in [2.24, 2.45) is 0 Å². The SMILES string of the molecule is Nc1ccc(-c2cncc3ccccc23)cc1Cl. The molecule has 0 atom stereocenters. The molecule has 0 saturated heterocycles. The smallest absolute Gasteiger partial charge is 0.0641 e. The van der Waals surface area contributed by atoms with Crippen LogP contribution < -0.4 is 5.73 Å². The summed E-state index contributed by atoms with van der Waals surface area (Å²) >= 11 is 6.07. The third kappa shape index (κ3) is 1.81. The molecule has 0 aliphatic carbocycles. The average Bonchev–Trinajstić information content (AvgIpc) is 2.41. The van der Waals surface area contributed by atoms with Crippen LogP contribution in [0.1, 0.15) is 0 Å². The molecule has 1 aromatic heterocycles. The summed E-state index contributed by atoms with van der Waals surface area (Å²) in [5.41, 5.74) is 8.41. The Bertz CT molecular complexity index is 717. The zero-order chi connectivity index (χ0) is 12.5. The molecule has 88 valence electrons. The summed E-state index contributed by atoms with van der Waals surface area (Å²) in [5, 5.41) is 2.84. The van der Waals surface area contributed by atoms with E-state index in [9.17, 15) is 0 Å². The molecule has 3 aromatic rings. The maximum absolute atomic E-state index is 6.07. The number of hydrogen-bond donors (Lipinski definition) is 1. The summed E-state index contributed by atoms with van der Waals surface area (Å²) in [6.45, 7) is 0. The van der Waals surface area contributed by atoms with Gasteiger partial charge in [-0.3, -0.25) is 4.98 Å². The van der Waals surface area contributed by atoms with Gasteiger partial charge in [0.05, 0.1) is 10.7 Å². The van der Waals surface area contributed by atoms with Crippen LogP contribution in [0.4, 0.5) is 5.69 Å². The fourth-order valence-corrected chi connectivity index (χ4v) is 2.22. The van der Waals surface area contributed by atoms with Gasteiger partial charge in [0, 0.05) is 23.3 Å².